The molecule has 280 valence electrons. The normalized spacial score (nSPS) is 12.5. The molecule has 0 aliphatic carbocycles. The van der Waals surface area contributed by atoms with Crippen LogP contribution < -0.4 is 9.30 Å². The van der Waals surface area contributed by atoms with Gasteiger partial charge in [-0.25, -0.2) is 4.98 Å². The number of hydrogen-bond donors (Lipinski definition) is 0. The van der Waals surface area contributed by atoms with Crippen molar-refractivity contribution in [2.75, 3.05) is 0 Å². The van der Waals surface area contributed by atoms with Crippen molar-refractivity contribution in [2.45, 2.75) is 46.4 Å². The molecule has 6 nitrogen and oxygen atoms in total. The second kappa shape index (κ2) is 15.0. The van der Waals surface area contributed by atoms with Gasteiger partial charge in [0.25, 0.3) is 6.33 Å². The van der Waals surface area contributed by atoms with Crippen LogP contribution in [0.25, 0.3) is 61.2 Å². The number of aromatic nitrogens is 5. The van der Waals surface area contributed by atoms with Crippen LogP contribution in [-0.2, 0) is 32.9 Å². The summed E-state index contributed by atoms with van der Waals surface area (Å²) in [6.07, 6.45) is 7.26. The molecule has 0 saturated heterocycles. The van der Waals surface area contributed by atoms with E-state index in [0.717, 1.165) is 55.5 Å². The minimum Gasteiger partial charge on any atom is -0.508 e. The third-order valence-electron chi connectivity index (χ3n) is 9.82. The molecule has 4 aromatic heterocycles. The first kappa shape index (κ1) is 34.6. The first-order valence-electron chi connectivity index (χ1n) is 19.6. The van der Waals surface area contributed by atoms with E-state index in [-0.39, 0.29) is 32.4 Å². The zero-order valence-electron chi connectivity index (χ0n) is 33.8. The third-order valence-corrected chi connectivity index (χ3v) is 9.82. The molecule has 0 atom stereocenters. The van der Waals surface area contributed by atoms with Crippen LogP contribution in [-0.4, -0.2) is 19.1 Å². The monoisotopic (exact) mass is 912 g/mol. The summed E-state index contributed by atoms with van der Waals surface area (Å²) in [6, 6.07) is 47.9. The molecule has 0 bridgehead atoms. The van der Waals surface area contributed by atoms with Crippen LogP contribution in [0, 0.1) is 24.4 Å². The predicted molar refractivity (Wildman–Crippen MR) is 220 cm³/mol. The van der Waals surface area contributed by atoms with Gasteiger partial charge in [0.05, 0.1) is 16.7 Å². The van der Waals surface area contributed by atoms with Crippen LogP contribution >= 0.6 is 0 Å². The SMILES string of the molecule is [2H]C([2H])(c1cccc(-[n+]2[c-]n(-c3[c-]c(Oc4[c-]c5c(cc4)c4cc(-c6ccccc6)ccc4n5-c4cc(C(C)(C)C)ccn4)cnc3)c3ccccc32)c1)C(C)C.[Pt]. The molecule has 0 aliphatic heterocycles. The van der Waals surface area contributed by atoms with Gasteiger partial charge in [-0.1, -0.05) is 131 Å². The molecule has 9 rings (SSSR count). The van der Waals surface area contributed by atoms with Crippen molar-refractivity contribution in [2.24, 2.45) is 5.92 Å². The van der Waals surface area contributed by atoms with Gasteiger partial charge in [0.2, 0.25) is 0 Å². The van der Waals surface area contributed by atoms with E-state index in [1.807, 2.05) is 89.8 Å². The number of nitrogens with zero attached hydrogens (tertiary/aromatic N) is 5. The van der Waals surface area contributed by atoms with Crippen molar-refractivity contribution in [1.29, 1.82) is 0 Å². The first-order chi connectivity index (χ1) is 27.5. The van der Waals surface area contributed by atoms with Crippen LogP contribution in [0.2, 0.25) is 0 Å². The number of para-hydroxylation sites is 2. The molecule has 0 saturated carbocycles. The van der Waals surface area contributed by atoms with E-state index >= 15 is 0 Å². The largest absolute Gasteiger partial charge is 0.508 e. The van der Waals surface area contributed by atoms with Crippen LogP contribution in [0.4, 0.5) is 0 Å². The van der Waals surface area contributed by atoms with Gasteiger partial charge >= 0.3 is 0 Å². The summed E-state index contributed by atoms with van der Waals surface area (Å²) in [5.41, 5.74) is 9.17. The van der Waals surface area contributed by atoms with Crippen molar-refractivity contribution in [1.82, 2.24) is 19.1 Å². The van der Waals surface area contributed by atoms with Crippen LogP contribution in [0.5, 0.6) is 11.5 Å². The average molecular weight is 913 g/mol. The van der Waals surface area contributed by atoms with E-state index in [2.05, 4.69) is 109 Å². The molecular weight excluding hydrogens is 870 g/mol. The van der Waals surface area contributed by atoms with Gasteiger partial charge in [-0.3, -0.25) is 4.57 Å². The minimum absolute atomic E-state index is 0. The van der Waals surface area contributed by atoms with E-state index in [1.54, 1.807) is 12.4 Å². The third kappa shape index (κ3) is 7.06. The standard InChI is InChI=1S/C49H41N5O.Pt/c1-33(2)24-34-12-11-15-38(25-34)52-32-53(46-17-10-9-16-45(46)52)39-28-41(31-50-30-39)55-40-19-20-42-43-26-36(35-13-7-6-8-14-35)18-21-44(43)54(47(42)29-40)48-27-37(22-23-51-48)49(3,4)5;/h6-23,25-27,30-31,33H,24H2,1-5H3;/q-2;/i24D2;. The Balaban J connectivity index is 0.00000469. The van der Waals surface area contributed by atoms with E-state index in [1.165, 1.54) is 5.56 Å². The Kier molecular flexibility index (Phi) is 9.28. The quantitative estimate of drug-likeness (QED) is 0.113. The molecule has 7 heteroatoms. The summed E-state index contributed by atoms with van der Waals surface area (Å²) in [6.45, 7) is 10.4. The number of fused-ring (bicyclic) bond motifs is 4. The van der Waals surface area contributed by atoms with Crippen molar-refractivity contribution < 1.29 is 33.1 Å². The number of hydrogen-bond acceptors (Lipinski definition) is 3. The van der Waals surface area contributed by atoms with Gasteiger partial charge in [-0.05, 0) is 82.0 Å². The van der Waals surface area contributed by atoms with E-state index in [0.29, 0.717) is 22.7 Å². The number of pyridine rings is 2. The Morgan fingerprint density at radius 1 is 0.768 bits per heavy atom. The number of benzene rings is 5. The Morgan fingerprint density at radius 2 is 1.59 bits per heavy atom. The summed E-state index contributed by atoms with van der Waals surface area (Å²) in [7, 11) is 0. The Labute approximate surface area is 345 Å². The predicted octanol–water partition coefficient (Wildman–Crippen LogP) is 11.1. The van der Waals surface area contributed by atoms with Gasteiger partial charge in [0, 0.05) is 47.0 Å². The Hall–Kier alpha value is -5.84. The maximum absolute atomic E-state index is 8.71. The zero-order chi connectivity index (χ0) is 39.5. The molecule has 5 aromatic carbocycles. The average Bonchev–Trinajstić information content (AvgIpc) is 3.77. The molecular formula is C49H41N5OPt-2. The zero-order valence-corrected chi connectivity index (χ0v) is 34.1. The summed E-state index contributed by atoms with van der Waals surface area (Å²) < 4.78 is 29.9. The van der Waals surface area contributed by atoms with Crippen molar-refractivity contribution in [3.8, 4) is 39.8 Å². The van der Waals surface area contributed by atoms with Gasteiger partial charge in [-0.15, -0.1) is 23.6 Å². The maximum atomic E-state index is 8.71. The topological polar surface area (TPSA) is 48.8 Å². The van der Waals surface area contributed by atoms with E-state index < -0.39 is 6.37 Å². The van der Waals surface area contributed by atoms with Crippen molar-refractivity contribution >= 4 is 32.8 Å². The second-order valence-corrected chi connectivity index (χ2v) is 15.2. The minimum atomic E-state index is -1.48. The number of ether oxygens (including phenoxy) is 1. The first-order valence-corrected chi connectivity index (χ1v) is 18.6. The summed E-state index contributed by atoms with van der Waals surface area (Å²) in [4.78, 5) is 9.43. The number of rotatable bonds is 8. The summed E-state index contributed by atoms with van der Waals surface area (Å²) in [5, 5.41) is 2.14. The van der Waals surface area contributed by atoms with Crippen molar-refractivity contribution in [3.05, 3.63) is 170 Å². The molecule has 9 aromatic rings. The molecule has 0 spiro atoms. The Bertz CT molecular complexity index is 2950. The van der Waals surface area contributed by atoms with Crippen LogP contribution in [0.15, 0.2) is 140 Å². The number of imidazole rings is 1. The van der Waals surface area contributed by atoms with Gasteiger partial charge < -0.3 is 18.9 Å². The fraction of sp³-hybridized carbons (Fsp3) is 0.163. The van der Waals surface area contributed by atoms with Gasteiger partial charge in [0.15, 0.2) is 0 Å². The van der Waals surface area contributed by atoms with Crippen LogP contribution in [0.1, 0.15) is 48.5 Å². The molecule has 56 heavy (non-hydrogen) atoms. The smallest absolute Gasteiger partial charge is 0.268 e. The molecule has 0 radical (unpaired) electrons. The maximum Gasteiger partial charge on any atom is 0.268 e. The molecule has 0 fully saturated rings. The van der Waals surface area contributed by atoms with Crippen molar-refractivity contribution in [3.63, 3.8) is 0 Å². The fourth-order valence-corrected chi connectivity index (χ4v) is 7.19. The summed E-state index contributed by atoms with van der Waals surface area (Å²) >= 11 is 0. The molecule has 0 aliphatic rings. The molecule has 0 unspecified atom stereocenters. The molecule has 0 amide bonds. The van der Waals surface area contributed by atoms with Gasteiger partial charge in [-0.2, -0.15) is 6.07 Å². The Morgan fingerprint density at radius 3 is 2.41 bits per heavy atom. The van der Waals surface area contributed by atoms with E-state index in [4.69, 9.17) is 12.5 Å². The van der Waals surface area contributed by atoms with Crippen LogP contribution in [0.3, 0.4) is 0 Å². The van der Waals surface area contributed by atoms with E-state index in [9.17, 15) is 0 Å². The second-order valence-electron chi connectivity index (χ2n) is 15.2. The molecule has 0 N–H and O–H groups in total. The summed E-state index contributed by atoms with van der Waals surface area (Å²) in [5.74, 6) is 1.57. The van der Waals surface area contributed by atoms with Gasteiger partial charge in [0.1, 0.15) is 5.82 Å². The fourth-order valence-electron chi connectivity index (χ4n) is 7.19. The molecule has 4 heterocycles.